The number of benzene rings is 2. The van der Waals surface area contributed by atoms with Crippen molar-refractivity contribution in [2.24, 2.45) is 0 Å². The Bertz CT molecular complexity index is 942. The van der Waals surface area contributed by atoms with Crippen molar-refractivity contribution in [1.82, 2.24) is 4.98 Å². The van der Waals surface area contributed by atoms with Crippen LogP contribution in [0.5, 0.6) is 0 Å². The Morgan fingerprint density at radius 2 is 1.84 bits per heavy atom. The fourth-order valence-corrected chi connectivity index (χ4v) is 3.93. The highest BCUT2D eigenvalue weighted by atomic mass is 35.5. The Morgan fingerprint density at radius 3 is 2.48 bits per heavy atom. The van der Waals surface area contributed by atoms with E-state index in [-0.39, 0.29) is 11.6 Å². The second-order valence-corrected chi connectivity index (χ2v) is 7.41. The van der Waals surface area contributed by atoms with Gasteiger partial charge in [0.2, 0.25) is 5.78 Å². The van der Waals surface area contributed by atoms with Crippen molar-refractivity contribution < 1.29 is 4.79 Å². The van der Waals surface area contributed by atoms with E-state index < -0.39 is 0 Å². The van der Waals surface area contributed by atoms with E-state index in [1.807, 2.05) is 45.0 Å². The zero-order valence-corrected chi connectivity index (χ0v) is 15.8. The van der Waals surface area contributed by atoms with E-state index >= 15 is 0 Å². The molecule has 0 radical (unpaired) electrons. The zero-order valence-electron chi connectivity index (χ0n) is 14.2. The molecule has 0 bridgehead atoms. The van der Waals surface area contributed by atoms with Crippen LogP contribution in [0, 0.1) is 20.8 Å². The third-order valence-corrected chi connectivity index (χ3v) is 5.06. The van der Waals surface area contributed by atoms with Gasteiger partial charge >= 0.3 is 0 Å². The summed E-state index contributed by atoms with van der Waals surface area (Å²) < 4.78 is 0. The van der Waals surface area contributed by atoms with Gasteiger partial charge in [-0.15, -0.1) is 0 Å². The molecule has 128 valence electrons. The van der Waals surface area contributed by atoms with Crippen LogP contribution in [-0.4, -0.2) is 10.8 Å². The molecule has 0 aliphatic carbocycles. The van der Waals surface area contributed by atoms with Crippen molar-refractivity contribution >= 4 is 45.4 Å². The average molecular weight is 372 g/mol. The summed E-state index contributed by atoms with van der Waals surface area (Å²) >= 11 is 7.23. The van der Waals surface area contributed by atoms with Crippen molar-refractivity contribution in [2.75, 3.05) is 11.1 Å². The van der Waals surface area contributed by atoms with Gasteiger partial charge in [0, 0.05) is 16.3 Å². The number of anilines is 3. The van der Waals surface area contributed by atoms with Crippen LogP contribution in [0.25, 0.3) is 0 Å². The quantitative estimate of drug-likeness (QED) is 0.612. The van der Waals surface area contributed by atoms with E-state index in [1.165, 1.54) is 11.3 Å². The first-order valence-electron chi connectivity index (χ1n) is 7.76. The summed E-state index contributed by atoms with van der Waals surface area (Å²) in [6.07, 6.45) is 0. The fourth-order valence-electron chi connectivity index (χ4n) is 2.89. The molecule has 1 aromatic heterocycles. The first kappa shape index (κ1) is 17.5. The zero-order chi connectivity index (χ0) is 18.1. The van der Waals surface area contributed by atoms with Crippen molar-refractivity contribution in [1.29, 1.82) is 0 Å². The van der Waals surface area contributed by atoms with Crippen LogP contribution >= 0.6 is 22.9 Å². The lowest BCUT2D eigenvalue weighted by molar-refractivity contribution is 0.104. The highest BCUT2D eigenvalue weighted by molar-refractivity contribution is 7.18. The van der Waals surface area contributed by atoms with Gasteiger partial charge in [0.05, 0.1) is 0 Å². The maximum Gasteiger partial charge on any atom is 0.207 e. The van der Waals surface area contributed by atoms with Gasteiger partial charge in [-0.1, -0.05) is 46.7 Å². The van der Waals surface area contributed by atoms with Crippen LogP contribution in [-0.2, 0) is 0 Å². The molecule has 0 aliphatic rings. The highest BCUT2D eigenvalue weighted by Crippen LogP contribution is 2.32. The number of nitrogens with one attached hydrogen (secondary N) is 1. The molecule has 3 N–H and O–H groups in total. The fraction of sp³-hybridized carbons (Fsp3) is 0.158. The van der Waals surface area contributed by atoms with E-state index in [1.54, 1.807) is 12.1 Å². The number of aromatic nitrogens is 1. The Balaban J connectivity index is 1.94. The molecule has 6 heteroatoms. The highest BCUT2D eigenvalue weighted by Gasteiger charge is 2.21. The van der Waals surface area contributed by atoms with Crippen LogP contribution in [0.3, 0.4) is 0 Å². The number of carbonyl (C=O) groups is 1. The van der Waals surface area contributed by atoms with E-state index in [0.717, 1.165) is 22.4 Å². The molecule has 0 fully saturated rings. The Labute approximate surface area is 155 Å². The van der Waals surface area contributed by atoms with Crippen molar-refractivity contribution in [3.05, 3.63) is 68.6 Å². The van der Waals surface area contributed by atoms with Gasteiger partial charge in [-0.3, -0.25) is 4.79 Å². The standard InChI is InChI=1S/C19H18ClN3OS/c1-10-7-11(2)15(12(3)8-10)16(24)17-18(21)23-19(25-17)22-14-6-4-5-13(20)9-14/h4-9H,21H2,1-3H3,(H,22,23). The number of aryl methyl sites for hydroxylation is 3. The number of nitrogen functional groups attached to an aromatic ring is 1. The minimum Gasteiger partial charge on any atom is -0.382 e. The summed E-state index contributed by atoms with van der Waals surface area (Å²) in [6, 6.07) is 11.3. The average Bonchev–Trinajstić information content (AvgIpc) is 2.86. The summed E-state index contributed by atoms with van der Waals surface area (Å²) in [6.45, 7) is 5.90. The number of ketones is 1. The van der Waals surface area contributed by atoms with E-state index in [0.29, 0.717) is 20.6 Å². The lowest BCUT2D eigenvalue weighted by atomic mass is 9.96. The Kier molecular flexibility index (Phi) is 4.79. The number of nitrogens with two attached hydrogens (primary N) is 1. The number of nitrogens with zero attached hydrogens (tertiary/aromatic N) is 1. The molecule has 0 aliphatic heterocycles. The minimum atomic E-state index is -0.0934. The first-order chi connectivity index (χ1) is 11.8. The lowest BCUT2D eigenvalue weighted by Gasteiger charge is -2.09. The van der Waals surface area contributed by atoms with Gasteiger partial charge in [0.1, 0.15) is 10.7 Å². The predicted molar refractivity (Wildman–Crippen MR) is 105 cm³/mol. The second kappa shape index (κ2) is 6.86. The number of hydrogen-bond donors (Lipinski definition) is 2. The summed E-state index contributed by atoms with van der Waals surface area (Å²) in [4.78, 5) is 17.7. The van der Waals surface area contributed by atoms with E-state index in [9.17, 15) is 4.79 Å². The molecule has 4 nitrogen and oxygen atoms in total. The molecule has 2 aromatic carbocycles. The van der Waals surface area contributed by atoms with Gasteiger partial charge in [0.25, 0.3) is 0 Å². The summed E-state index contributed by atoms with van der Waals surface area (Å²) in [5.74, 6) is 0.142. The molecule has 0 saturated carbocycles. The SMILES string of the molecule is Cc1cc(C)c(C(=O)c2sc(Nc3cccc(Cl)c3)nc2N)c(C)c1. The van der Waals surface area contributed by atoms with Crippen LogP contribution in [0.15, 0.2) is 36.4 Å². The van der Waals surface area contributed by atoms with Crippen molar-refractivity contribution in [3.8, 4) is 0 Å². The Hall–Kier alpha value is -2.37. The van der Waals surface area contributed by atoms with E-state index in [4.69, 9.17) is 17.3 Å². The lowest BCUT2D eigenvalue weighted by Crippen LogP contribution is -2.07. The van der Waals surface area contributed by atoms with Crippen molar-refractivity contribution in [2.45, 2.75) is 20.8 Å². The maximum atomic E-state index is 13.0. The molecule has 3 rings (SSSR count). The predicted octanol–water partition coefficient (Wildman–Crippen LogP) is 5.28. The van der Waals surface area contributed by atoms with Gasteiger partial charge in [-0.25, -0.2) is 4.98 Å². The first-order valence-corrected chi connectivity index (χ1v) is 8.96. The number of hydrogen-bond acceptors (Lipinski definition) is 5. The molecule has 25 heavy (non-hydrogen) atoms. The largest absolute Gasteiger partial charge is 0.382 e. The molecule has 0 unspecified atom stereocenters. The van der Waals surface area contributed by atoms with Crippen LogP contribution in [0.4, 0.5) is 16.6 Å². The number of rotatable bonds is 4. The third-order valence-electron chi connectivity index (χ3n) is 3.84. The molecule has 3 aromatic rings. The smallest absolute Gasteiger partial charge is 0.207 e. The third kappa shape index (κ3) is 3.67. The molecular weight excluding hydrogens is 354 g/mol. The van der Waals surface area contributed by atoms with Crippen LogP contribution in [0.1, 0.15) is 31.9 Å². The normalized spacial score (nSPS) is 10.7. The number of carbonyl (C=O) groups excluding carboxylic acids is 1. The molecule has 0 saturated heterocycles. The number of thiazole rings is 1. The van der Waals surface area contributed by atoms with Gasteiger partial charge in [-0.05, 0) is 50.1 Å². The van der Waals surface area contributed by atoms with Crippen molar-refractivity contribution in [3.63, 3.8) is 0 Å². The monoisotopic (exact) mass is 371 g/mol. The van der Waals surface area contributed by atoms with E-state index in [2.05, 4.69) is 10.3 Å². The molecule has 1 heterocycles. The van der Waals surface area contributed by atoms with Crippen LogP contribution in [0.2, 0.25) is 5.02 Å². The van der Waals surface area contributed by atoms with Gasteiger partial charge in [0.15, 0.2) is 5.13 Å². The van der Waals surface area contributed by atoms with Crippen LogP contribution < -0.4 is 11.1 Å². The molecule has 0 amide bonds. The summed E-state index contributed by atoms with van der Waals surface area (Å²) in [5.41, 5.74) is 10.5. The molecular formula is C19H18ClN3OS. The van der Waals surface area contributed by atoms with Gasteiger partial charge in [-0.2, -0.15) is 0 Å². The minimum absolute atomic E-state index is 0.0934. The van der Waals surface area contributed by atoms with Gasteiger partial charge < -0.3 is 11.1 Å². The maximum absolute atomic E-state index is 13.0. The number of halogens is 1. The summed E-state index contributed by atoms with van der Waals surface area (Å²) in [7, 11) is 0. The topological polar surface area (TPSA) is 68.0 Å². The molecule has 0 spiro atoms. The molecule has 0 atom stereocenters. The second-order valence-electron chi connectivity index (χ2n) is 5.97. The Morgan fingerprint density at radius 1 is 1.16 bits per heavy atom. The summed E-state index contributed by atoms with van der Waals surface area (Å²) in [5, 5.41) is 4.32.